The Morgan fingerprint density at radius 3 is 2.06 bits per heavy atom. The highest BCUT2D eigenvalue weighted by atomic mass is 16.5. The molecule has 1 atom stereocenters. The average Bonchev–Trinajstić information content (AvgIpc) is 2.95. The lowest BCUT2D eigenvalue weighted by Gasteiger charge is -2.57. The number of ether oxygens (including phenoxy) is 1. The maximum atomic E-state index is 12.8. The van der Waals surface area contributed by atoms with Gasteiger partial charge < -0.3 is 10.1 Å². The van der Waals surface area contributed by atoms with E-state index >= 15 is 0 Å². The van der Waals surface area contributed by atoms with Crippen LogP contribution in [0.5, 0.6) is 0 Å². The van der Waals surface area contributed by atoms with E-state index in [1.54, 1.807) is 31.2 Å². The topological polar surface area (TPSA) is 92.8 Å². The molecule has 5 aliphatic rings. The second kappa shape index (κ2) is 7.46. The molecule has 0 spiro atoms. The number of esters is 1. The summed E-state index contributed by atoms with van der Waals surface area (Å²) in [5.41, 5.74) is 0.570. The van der Waals surface area contributed by atoms with Crippen LogP contribution in [-0.2, 0) is 14.3 Å². The largest absolute Gasteiger partial charge is 0.452 e. The minimum absolute atomic E-state index is 0.0610. The van der Waals surface area contributed by atoms with Gasteiger partial charge in [0.05, 0.1) is 17.5 Å². The molecule has 4 bridgehead atoms. The Kier molecular flexibility index (Phi) is 4.87. The summed E-state index contributed by atoms with van der Waals surface area (Å²) in [4.78, 5) is 50.9. The second-order valence-corrected chi connectivity index (χ2v) is 9.88. The van der Waals surface area contributed by atoms with E-state index in [9.17, 15) is 19.2 Å². The lowest BCUT2D eigenvalue weighted by Crippen LogP contribution is -2.61. The van der Waals surface area contributed by atoms with Crippen molar-refractivity contribution in [3.05, 3.63) is 35.4 Å². The summed E-state index contributed by atoms with van der Waals surface area (Å²) >= 11 is 0. The summed E-state index contributed by atoms with van der Waals surface area (Å²) < 4.78 is 5.33. The summed E-state index contributed by atoms with van der Waals surface area (Å²) in [5.74, 6) is 0.486. The number of hydrogen-bond donors (Lipinski definition) is 1. The lowest BCUT2D eigenvalue weighted by molar-refractivity contribution is -0.156. The SMILES string of the molecule is CC(OC(=O)CCN1C(=O)c2ccccc2C1=O)C(=O)NC12CC3CC(CC(C3)C1)C2. The van der Waals surface area contributed by atoms with Crippen LogP contribution in [0.2, 0.25) is 0 Å². The molecular formula is C24H28N2O5. The van der Waals surface area contributed by atoms with Crippen LogP contribution in [0.4, 0.5) is 0 Å². The van der Waals surface area contributed by atoms with Gasteiger partial charge in [-0.1, -0.05) is 12.1 Å². The fourth-order valence-corrected chi connectivity index (χ4v) is 6.58. The van der Waals surface area contributed by atoms with Gasteiger partial charge in [-0.25, -0.2) is 0 Å². The fraction of sp³-hybridized carbons (Fsp3) is 0.583. The third kappa shape index (κ3) is 3.64. The Hall–Kier alpha value is -2.70. The van der Waals surface area contributed by atoms with E-state index in [-0.39, 0.29) is 24.4 Å². The highest BCUT2D eigenvalue weighted by Crippen LogP contribution is 2.55. The maximum Gasteiger partial charge on any atom is 0.308 e. The molecule has 0 radical (unpaired) electrons. The van der Waals surface area contributed by atoms with Crippen LogP contribution in [-0.4, -0.2) is 46.8 Å². The molecule has 164 valence electrons. The zero-order valence-electron chi connectivity index (χ0n) is 17.8. The van der Waals surface area contributed by atoms with Crippen LogP contribution in [0.3, 0.4) is 0 Å². The van der Waals surface area contributed by atoms with Crippen molar-refractivity contribution in [3.63, 3.8) is 0 Å². The van der Waals surface area contributed by atoms with Crippen molar-refractivity contribution in [2.75, 3.05) is 6.54 Å². The number of amides is 3. The van der Waals surface area contributed by atoms with Crippen molar-refractivity contribution in [1.82, 2.24) is 10.2 Å². The van der Waals surface area contributed by atoms with Crippen molar-refractivity contribution in [3.8, 4) is 0 Å². The van der Waals surface area contributed by atoms with Gasteiger partial charge in [0, 0.05) is 12.1 Å². The van der Waals surface area contributed by atoms with Gasteiger partial charge in [-0.15, -0.1) is 0 Å². The molecule has 7 nitrogen and oxygen atoms in total. The number of carbonyl (C=O) groups excluding carboxylic acids is 4. The summed E-state index contributed by atoms with van der Waals surface area (Å²) in [7, 11) is 0. The molecular weight excluding hydrogens is 396 g/mol. The van der Waals surface area contributed by atoms with Gasteiger partial charge in [-0.2, -0.15) is 0 Å². The first kappa shape index (κ1) is 20.2. The Bertz CT molecular complexity index is 885. The molecule has 3 amide bonds. The van der Waals surface area contributed by atoms with E-state index in [4.69, 9.17) is 4.74 Å². The van der Waals surface area contributed by atoms with E-state index in [1.807, 2.05) is 0 Å². The number of nitrogens with one attached hydrogen (secondary N) is 1. The predicted molar refractivity (Wildman–Crippen MR) is 111 cm³/mol. The molecule has 1 heterocycles. The average molecular weight is 424 g/mol. The zero-order valence-corrected chi connectivity index (χ0v) is 17.8. The summed E-state index contributed by atoms with van der Waals surface area (Å²) in [6.07, 6.45) is 5.93. The number of imide groups is 1. The summed E-state index contributed by atoms with van der Waals surface area (Å²) in [5, 5.41) is 3.22. The van der Waals surface area contributed by atoms with Crippen molar-refractivity contribution in [2.24, 2.45) is 17.8 Å². The highest BCUT2D eigenvalue weighted by Gasteiger charge is 2.51. The lowest BCUT2D eigenvalue weighted by atomic mass is 9.53. The standard InChI is InChI=1S/C24H28N2O5/c1-14(21(28)25-24-11-15-8-16(12-24)10-17(9-15)13-24)31-20(27)6-7-26-22(29)18-4-2-3-5-19(18)23(26)30/h2-5,14-17H,6-13H2,1H3,(H,25,28). The van der Waals surface area contributed by atoms with Gasteiger partial charge in [0.25, 0.3) is 17.7 Å². The maximum absolute atomic E-state index is 12.8. The van der Waals surface area contributed by atoms with Crippen LogP contribution < -0.4 is 5.32 Å². The van der Waals surface area contributed by atoms with E-state index in [2.05, 4.69) is 5.32 Å². The molecule has 0 saturated heterocycles. The van der Waals surface area contributed by atoms with Crippen LogP contribution in [0.15, 0.2) is 24.3 Å². The highest BCUT2D eigenvalue weighted by molar-refractivity contribution is 6.21. The molecule has 31 heavy (non-hydrogen) atoms. The molecule has 1 N–H and O–H groups in total. The summed E-state index contributed by atoms with van der Waals surface area (Å²) in [6, 6.07) is 6.60. The van der Waals surface area contributed by atoms with Gasteiger partial charge >= 0.3 is 5.97 Å². The smallest absolute Gasteiger partial charge is 0.308 e. The van der Waals surface area contributed by atoms with Gasteiger partial charge in [-0.05, 0) is 75.3 Å². The van der Waals surface area contributed by atoms with Gasteiger partial charge in [0.2, 0.25) is 0 Å². The number of benzene rings is 1. The van der Waals surface area contributed by atoms with E-state index in [0.717, 1.165) is 24.2 Å². The second-order valence-electron chi connectivity index (χ2n) is 9.88. The minimum Gasteiger partial charge on any atom is -0.452 e. The normalized spacial score (nSPS) is 31.5. The van der Waals surface area contributed by atoms with Crippen molar-refractivity contribution < 1.29 is 23.9 Å². The number of fused-ring (bicyclic) bond motifs is 1. The molecule has 1 aromatic rings. The molecule has 4 saturated carbocycles. The molecule has 1 aliphatic heterocycles. The van der Waals surface area contributed by atoms with E-state index in [0.29, 0.717) is 28.9 Å². The van der Waals surface area contributed by atoms with Crippen LogP contribution in [0.25, 0.3) is 0 Å². The van der Waals surface area contributed by atoms with E-state index < -0.39 is 23.9 Å². The Labute approximate surface area is 181 Å². The van der Waals surface area contributed by atoms with Gasteiger partial charge in [0.1, 0.15) is 0 Å². The third-order valence-electron chi connectivity index (χ3n) is 7.52. The minimum atomic E-state index is -0.900. The van der Waals surface area contributed by atoms with Crippen molar-refractivity contribution in [1.29, 1.82) is 0 Å². The Morgan fingerprint density at radius 1 is 1.03 bits per heavy atom. The summed E-state index contributed by atoms with van der Waals surface area (Å²) in [6.45, 7) is 1.52. The molecule has 6 rings (SSSR count). The molecule has 7 heteroatoms. The molecule has 1 aromatic carbocycles. The number of hydrogen-bond acceptors (Lipinski definition) is 5. The van der Waals surface area contributed by atoms with Gasteiger partial charge in [0.15, 0.2) is 6.10 Å². The van der Waals surface area contributed by atoms with Crippen LogP contribution in [0, 0.1) is 17.8 Å². The van der Waals surface area contributed by atoms with Gasteiger partial charge in [-0.3, -0.25) is 24.1 Å². The number of rotatable bonds is 6. The third-order valence-corrected chi connectivity index (χ3v) is 7.52. The molecule has 1 unspecified atom stereocenters. The van der Waals surface area contributed by atoms with E-state index in [1.165, 1.54) is 19.3 Å². The van der Waals surface area contributed by atoms with Crippen molar-refractivity contribution in [2.45, 2.75) is 63.5 Å². The first-order chi connectivity index (χ1) is 14.8. The monoisotopic (exact) mass is 424 g/mol. The number of carbonyl (C=O) groups is 4. The molecule has 4 aliphatic carbocycles. The fourth-order valence-electron chi connectivity index (χ4n) is 6.58. The van der Waals surface area contributed by atoms with Crippen molar-refractivity contribution >= 4 is 23.7 Å². The Morgan fingerprint density at radius 2 is 1.55 bits per heavy atom. The van der Waals surface area contributed by atoms with Crippen LogP contribution >= 0.6 is 0 Å². The Balaban J connectivity index is 1.13. The predicted octanol–water partition coefficient (Wildman–Crippen LogP) is 2.69. The van der Waals surface area contributed by atoms with Crippen LogP contribution in [0.1, 0.15) is 72.6 Å². The quantitative estimate of drug-likeness (QED) is 0.560. The number of nitrogens with zero attached hydrogens (tertiary/aromatic N) is 1. The first-order valence-electron chi connectivity index (χ1n) is 11.3. The molecule has 0 aromatic heterocycles. The zero-order chi connectivity index (χ0) is 21.8. The molecule has 4 fully saturated rings. The first-order valence-corrected chi connectivity index (χ1v) is 11.3.